The van der Waals surface area contributed by atoms with Gasteiger partial charge in [-0.2, -0.15) is 18.3 Å². The number of methoxy groups -OCH3 is 1. The Morgan fingerprint density at radius 1 is 1.31 bits per heavy atom. The van der Waals surface area contributed by atoms with Crippen LogP contribution in [0.2, 0.25) is 0 Å². The lowest BCUT2D eigenvalue weighted by molar-refractivity contribution is -0.143. The van der Waals surface area contributed by atoms with Crippen LogP contribution in [-0.2, 0) is 19.1 Å². The molecule has 0 saturated carbocycles. The van der Waals surface area contributed by atoms with Crippen molar-refractivity contribution in [3.05, 3.63) is 45.7 Å². The molecule has 29 heavy (non-hydrogen) atoms. The highest BCUT2D eigenvalue weighted by Gasteiger charge is 2.41. The normalized spacial score (nSPS) is 11.5. The van der Waals surface area contributed by atoms with Crippen molar-refractivity contribution in [3.8, 4) is 11.7 Å². The van der Waals surface area contributed by atoms with Crippen LogP contribution in [0.25, 0.3) is 5.82 Å². The minimum absolute atomic E-state index is 0.0835. The Hall–Kier alpha value is -3.02. The summed E-state index contributed by atoms with van der Waals surface area (Å²) in [5, 5.41) is 13.7. The molecular weight excluding hydrogens is 409 g/mol. The zero-order chi connectivity index (χ0) is 21.2. The van der Waals surface area contributed by atoms with Gasteiger partial charge in [0.1, 0.15) is 0 Å². The highest BCUT2D eigenvalue weighted by atomic mass is 32.1. The van der Waals surface area contributed by atoms with Crippen molar-refractivity contribution in [3.63, 3.8) is 0 Å². The maximum atomic E-state index is 13.8. The first-order valence-corrected chi connectivity index (χ1v) is 9.34. The third-order valence-corrected chi connectivity index (χ3v) is 5.01. The molecule has 0 saturated heterocycles. The maximum Gasteiger partial charge on any atom is 0.434 e. The number of nitrogens with zero attached hydrogens (tertiary/aromatic N) is 6. The van der Waals surface area contributed by atoms with E-state index in [-0.39, 0.29) is 18.2 Å². The Bertz CT molecular complexity index is 1000. The fourth-order valence-corrected chi connectivity index (χ4v) is 3.33. The molecule has 0 fully saturated rings. The first-order valence-electron chi connectivity index (χ1n) is 8.46. The summed E-state index contributed by atoms with van der Waals surface area (Å²) < 4.78 is 46.7. The third-order valence-electron chi connectivity index (χ3n) is 3.97. The Labute approximate surface area is 168 Å². The van der Waals surface area contributed by atoms with E-state index in [4.69, 9.17) is 4.74 Å². The second kappa shape index (κ2) is 8.15. The van der Waals surface area contributed by atoms with Crippen LogP contribution in [-0.4, -0.2) is 49.9 Å². The van der Waals surface area contributed by atoms with Gasteiger partial charge < -0.3 is 9.64 Å². The molecule has 0 atom stereocenters. The van der Waals surface area contributed by atoms with Crippen molar-refractivity contribution in [2.24, 2.45) is 0 Å². The van der Waals surface area contributed by atoms with Gasteiger partial charge in [-0.25, -0.2) is 9.67 Å². The SMILES string of the molecule is CCc1nc(CN(C)C(=O)c2cnn(-c3ccc(OC)nn3)c2C(F)(F)F)cs1. The molecule has 0 radical (unpaired) electrons. The number of aryl methyl sites for hydroxylation is 1. The molecule has 0 N–H and O–H groups in total. The van der Waals surface area contributed by atoms with Gasteiger partial charge in [0, 0.05) is 18.5 Å². The van der Waals surface area contributed by atoms with Gasteiger partial charge in [-0.1, -0.05) is 6.92 Å². The van der Waals surface area contributed by atoms with Gasteiger partial charge in [-0.05, 0) is 12.5 Å². The van der Waals surface area contributed by atoms with Gasteiger partial charge in [-0.15, -0.1) is 21.5 Å². The molecule has 154 valence electrons. The molecule has 3 rings (SSSR count). The number of carbonyl (C=O) groups is 1. The standard InChI is InChI=1S/C17H17F3N6O2S/c1-4-14-22-10(9-29-14)8-25(2)16(27)11-7-21-26(15(11)17(18,19)20)12-5-6-13(28-3)24-23-12/h5-7,9H,4,8H2,1-3H3. The fourth-order valence-electron chi connectivity index (χ4n) is 2.59. The van der Waals surface area contributed by atoms with Gasteiger partial charge in [0.2, 0.25) is 5.88 Å². The quantitative estimate of drug-likeness (QED) is 0.602. The number of ether oxygens (including phenoxy) is 1. The van der Waals surface area contributed by atoms with Crippen molar-refractivity contribution < 1.29 is 22.7 Å². The summed E-state index contributed by atoms with van der Waals surface area (Å²) in [6.07, 6.45) is -3.21. The number of carbonyl (C=O) groups excluding carboxylic acids is 1. The van der Waals surface area contributed by atoms with Crippen LogP contribution in [0.5, 0.6) is 5.88 Å². The highest BCUT2D eigenvalue weighted by Crippen LogP contribution is 2.34. The lowest BCUT2D eigenvalue weighted by Gasteiger charge is -2.17. The summed E-state index contributed by atoms with van der Waals surface area (Å²) in [6, 6.07) is 2.62. The second-order valence-corrected chi connectivity index (χ2v) is 6.94. The molecule has 1 amide bonds. The number of aromatic nitrogens is 5. The monoisotopic (exact) mass is 426 g/mol. The molecule has 12 heteroatoms. The van der Waals surface area contributed by atoms with Crippen LogP contribution in [0, 0.1) is 0 Å². The molecule has 0 bridgehead atoms. The molecule has 0 unspecified atom stereocenters. The number of thiazole rings is 1. The number of alkyl halides is 3. The lowest BCUT2D eigenvalue weighted by atomic mass is 10.2. The lowest BCUT2D eigenvalue weighted by Crippen LogP contribution is -2.29. The maximum absolute atomic E-state index is 13.8. The molecule has 3 aromatic heterocycles. The molecule has 8 nitrogen and oxygen atoms in total. The van der Waals surface area contributed by atoms with Crippen molar-refractivity contribution in [2.45, 2.75) is 26.1 Å². The minimum Gasteiger partial charge on any atom is -0.480 e. The highest BCUT2D eigenvalue weighted by molar-refractivity contribution is 7.09. The minimum atomic E-state index is -4.83. The van der Waals surface area contributed by atoms with Crippen LogP contribution in [0.15, 0.2) is 23.7 Å². The van der Waals surface area contributed by atoms with E-state index in [1.54, 1.807) is 5.38 Å². The summed E-state index contributed by atoms with van der Waals surface area (Å²) in [7, 11) is 2.77. The predicted molar refractivity (Wildman–Crippen MR) is 98.0 cm³/mol. The average Bonchev–Trinajstić information content (AvgIpc) is 3.34. The Morgan fingerprint density at radius 3 is 2.62 bits per heavy atom. The number of hydrogen-bond donors (Lipinski definition) is 0. The second-order valence-electron chi connectivity index (χ2n) is 6.00. The summed E-state index contributed by atoms with van der Waals surface area (Å²) >= 11 is 1.44. The van der Waals surface area contributed by atoms with E-state index in [9.17, 15) is 18.0 Å². The third kappa shape index (κ3) is 4.36. The summed E-state index contributed by atoms with van der Waals surface area (Å²) in [5.74, 6) is -0.872. The van der Waals surface area contributed by atoms with Gasteiger partial charge >= 0.3 is 6.18 Å². The van der Waals surface area contributed by atoms with Crippen LogP contribution >= 0.6 is 11.3 Å². The predicted octanol–water partition coefficient (Wildman–Crippen LogP) is 2.98. The van der Waals surface area contributed by atoms with E-state index < -0.39 is 23.3 Å². The number of halogens is 3. The van der Waals surface area contributed by atoms with Crippen molar-refractivity contribution in [1.82, 2.24) is 29.9 Å². The van der Waals surface area contributed by atoms with Crippen LogP contribution in [0.3, 0.4) is 0 Å². The van der Waals surface area contributed by atoms with E-state index in [0.29, 0.717) is 10.4 Å². The Balaban J connectivity index is 1.93. The zero-order valence-electron chi connectivity index (χ0n) is 15.8. The van der Waals surface area contributed by atoms with E-state index >= 15 is 0 Å². The molecular formula is C17H17F3N6O2S. The molecule has 0 aliphatic carbocycles. The molecule has 0 spiro atoms. The van der Waals surface area contributed by atoms with Gasteiger partial charge in [-0.3, -0.25) is 4.79 Å². The van der Waals surface area contributed by atoms with Crippen molar-refractivity contribution in [1.29, 1.82) is 0 Å². The van der Waals surface area contributed by atoms with E-state index in [2.05, 4.69) is 20.3 Å². The average molecular weight is 426 g/mol. The topological polar surface area (TPSA) is 86.0 Å². The zero-order valence-corrected chi connectivity index (χ0v) is 16.6. The van der Waals surface area contributed by atoms with Gasteiger partial charge in [0.05, 0.1) is 36.1 Å². The fraction of sp³-hybridized carbons (Fsp3) is 0.353. The first-order chi connectivity index (χ1) is 13.7. The van der Waals surface area contributed by atoms with Gasteiger partial charge in [0.25, 0.3) is 5.91 Å². The van der Waals surface area contributed by atoms with E-state index in [1.165, 1.54) is 42.5 Å². The first kappa shape index (κ1) is 20.7. The summed E-state index contributed by atoms with van der Waals surface area (Å²) in [4.78, 5) is 18.2. The summed E-state index contributed by atoms with van der Waals surface area (Å²) in [5.41, 5.74) is -1.19. The Kier molecular flexibility index (Phi) is 5.82. The van der Waals surface area contributed by atoms with Crippen molar-refractivity contribution in [2.75, 3.05) is 14.2 Å². The van der Waals surface area contributed by atoms with Crippen LogP contribution in [0.4, 0.5) is 13.2 Å². The van der Waals surface area contributed by atoms with E-state index in [1.807, 2.05) is 6.92 Å². The smallest absolute Gasteiger partial charge is 0.434 e. The molecule has 3 heterocycles. The number of hydrogen-bond acceptors (Lipinski definition) is 7. The molecule has 0 aliphatic heterocycles. The van der Waals surface area contributed by atoms with Crippen LogP contribution < -0.4 is 4.74 Å². The molecule has 0 aromatic carbocycles. The van der Waals surface area contributed by atoms with Gasteiger partial charge in [0.15, 0.2) is 11.5 Å². The largest absolute Gasteiger partial charge is 0.480 e. The number of rotatable bonds is 6. The molecule has 0 aliphatic rings. The Morgan fingerprint density at radius 2 is 2.07 bits per heavy atom. The molecule has 3 aromatic rings. The number of amides is 1. The summed E-state index contributed by atoms with van der Waals surface area (Å²) in [6.45, 7) is 2.03. The van der Waals surface area contributed by atoms with E-state index in [0.717, 1.165) is 17.6 Å². The van der Waals surface area contributed by atoms with Crippen molar-refractivity contribution >= 4 is 17.2 Å². The van der Waals surface area contributed by atoms with Crippen LogP contribution in [0.1, 0.15) is 33.7 Å².